The molecule has 0 aromatic heterocycles. The number of hydrogen-bond acceptors (Lipinski definition) is 0. The largest absolute Gasteiger partial charge is 0.0648 e. The Morgan fingerprint density at radius 2 is 1.21 bits per heavy atom. The van der Waals surface area contributed by atoms with Crippen LogP contribution in [0.1, 0.15) is 68.7 Å². The van der Waals surface area contributed by atoms with Crippen molar-refractivity contribution in [2.24, 2.45) is 22.2 Å². The summed E-state index contributed by atoms with van der Waals surface area (Å²) in [5.74, 6) is 0.736. The van der Waals surface area contributed by atoms with Gasteiger partial charge in [0.2, 0.25) is 0 Å². The molecule has 0 spiro atoms. The molecule has 0 rings (SSSR count). The zero-order chi connectivity index (χ0) is 11.8. The molecule has 0 heterocycles. The van der Waals surface area contributed by atoms with Gasteiger partial charge < -0.3 is 0 Å². The summed E-state index contributed by atoms with van der Waals surface area (Å²) >= 11 is 0. The van der Waals surface area contributed by atoms with Crippen LogP contribution in [-0.4, -0.2) is 0 Å². The first-order valence-corrected chi connectivity index (χ1v) is 5.97. The van der Waals surface area contributed by atoms with Gasteiger partial charge in [0.05, 0.1) is 0 Å². The molecule has 0 aliphatic carbocycles. The Labute approximate surface area is 91.5 Å². The lowest BCUT2D eigenvalue weighted by atomic mass is 9.54. The minimum atomic E-state index is 0.383. The van der Waals surface area contributed by atoms with Gasteiger partial charge in [-0.1, -0.05) is 62.3 Å². The monoisotopic (exact) mass is 198 g/mol. The van der Waals surface area contributed by atoms with Gasteiger partial charge >= 0.3 is 0 Å². The Bertz CT molecular complexity index is 177. The van der Waals surface area contributed by atoms with Crippen LogP contribution in [0, 0.1) is 22.2 Å². The van der Waals surface area contributed by atoms with E-state index < -0.39 is 0 Å². The van der Waals surface area contributed by atoms with Crippen molar-refractivity contribution in [3.63, 3.8) is 0 Å². The molecule has 0 radical (unpaired) electrons. The molecule has 0 aromatic carbocycles. The standard InChI is InChI=1S/C14H30/c1-10-14(9,13(6,7)8)11(2)12(3,4)5/h11H,10H2,1-9H3. The maximum atomic E-state index is 2.45. The normalized spacial score (nSPS) is 20.4. The molecule has 0 N–H and O–H groups in total. The van der Waals surface area contributed by atoms with Crippen LogP contribution in [0.5, 0.6) is 0 Å². The number of rotatable bonds is 2. The molecule has 0 bridgehead atoms. The van der Waals surface area contributed by atoms with Crippen molar-refractivity contribution in [2.75, 3.05) is 0 Å². The van der Waals surface area contributed by atoms with Crippen LogP contribution in [0.15, 0.2) is 0 Å². The van der Waals surface area contributed by atoms with Crippen LogP contribution in [0.4, 0.5) is 0 Å². The molecule has 0 aliphatic rings. The van der Waals surface area contributed by atoms with Crippen molar-refractivity contribution < 1.29 is 0 Å². The molecule has 2 atom stereocenters. The highest BCUT2D eigenvalue weighted by Gasteiger charge is 2.44. The van der Waals surface area contributed by atoms with Gasteiger partial charge in [-0.05, 0) is 28.6 Å². The van der Waals surface area contributed by atoms with Crippen molar-refractivity contribution >= 4 is 0 Å². The van der Waals surface area contributed by atoms with E-state index in [2.05, 4.69) is 62.3 Å². The highest BCUT2D eigenvalue weighted by Crippen LogP contribution is 2.52. The predicted octanol–water partition coefficient (Wildman–Crippen LogP) is 5.13. The van der Waals surface area contributed by atoms with Gasteiger partial charge in [-0.3, -0.25) is 0 Å². The molecule has 0 fully saturated rings. The molecule has 86 valence electrons. The molecular formula is C14H30. The summed E-state index contributed by atoms with van der Waals surface area (Å²) in [6.07, 6.45) is 1.26. The summed E-state index contributed by atoms with van der Waals surface area (Å²) in [5, 5.41) is 0. The quantitative estimate of drug-likeness (QED) is 0.577. The zero-order valence-corrected chi connectivity index (χ0v) is 11.8. The molecule has 0 saturated heterocycles. The molecule has 0 aromatic rings. The topological polar surface area (TPSA) is 0 Å². The second-order valence-corrected chi connectivity index (χ2v) is 7.11. The summed E-state index contributed by atoms with van der Waals surface area (Å²) < 4.78 is 0. The van der Waals surface area contributed by atoms with Crippen LogP contribution in [-0.2, 0) is 0 Å². The Hall–Kier alpha value is 0. The summed E-state index contributed by atoms with van der Waals surface area (Å²) in [6, 6.07) is 0. The van der Waals surface area contributed by atoms with Crippen LogP contribution in [0.25, 0.3) is 0 Å². The lowest BCUT2D eigenvalue weighted by molar-refractivity contribution is -0.0171. The lowest BCUT2D eigenvalue weighted by Crippen LogP contribution is -2.43. The zero-order valence-electron chi connectivity index (χ0n) is 11.8. The van der Waals surface area contributed by atoms with Gasteiger partial charge in [-0.2, -0.15) is 0 Å². The summed E-state index contributed by atoms with van der Waals surface area (Å²) in [4.78, 5) is 0. The first-order valence-electron chi connectivity index (χ1n) is 5.97. The third-order valence-electron chi connectivity index (χ3n) is 4.70. The summed E-state index contributed by atoms with van der Waals surface area (Å²) in [6.45, 7) is 21.4. The first-order chi connectivity index (χ1) is 5.97. The molecule has 0 aliphatic heterocycles. The fourth-order valence-corrected chi connectivity index (χ4v) is 2.44. The van der Waals surface area contributed by atoms with E-state index in [0.29, 0.717) is 16.2 Å². The molecule has 0 nitrogen and oxygen atoms in total. The van der Waals surface area contributed by atoms with Crippen LogP contribution in [0.2, 0.25) is 0 Å². The van der Waals surface area contributed by atoms with E-state index in [1.807, 2.05) is 0 Å². The van der Waals surface area contributed by atoms with Gasteiger partial charge in [0, 0.05) is 0 Å². The van der Waals surface area contributed by atoms with Gasteiger partial charge in [0.1, 0.15) is 0 Å². The fourth-order valence-electron chi connectivity index (χ4n) is 2.44. The van der Waals surface area contributed by atoms with Gasteiger partial charge in [-0.25, -0.2) is 0 Å². The molecule has 2 unspecified atom stereocenters. The second kappa shape index (κ2) is 3.87. The van der Waals surface area contributed by atoms with E-state index in [0.717, 1.165) is 5.92 Å². The summed E-state index contributed by atoms with van der Waals surface area (Å²) in [7, 11) is 0. The maximum Gasteiger partial charge on any atom is -0.0249 e. The minimum Gasteiger partial charge on any atom is -0.0648 e. The van der Waals surface area contributed by atoms with Gasteiger partial charge in [0.25, 0.3) is 0 Å². The Balaban J connectivity index is 5.07. The van der Waals surface area contributed by atoms with E-state index in [1.165, 1.54) is 6.42 Å². The molecular weight excluding hydrogens is 168 g/mol. The Morgan fingerprint density at radius 1 is 0.857 bits per heavy atom. The van der Waals surface area contributed by atoms with Crippen molar-refractivity contribution in [1.82, 2.24) is 0 Å². The average molecular weight is 198 g/mol. The van der Waals surface area contributed by atoms with Crippen molar-refractivity contribution in [3.05, 3.63) is 0 Å². The smallest absolute Gasteiger partial charge is 0.0249 e. The lowest BCUT2D eigenvalue weighted by Gasteiger charge is -2.51. The third-order valence-corrected chi connectivity index (χ3v) is 4.70. The van der Waals surface area contributed by atoms with Crippen molar-refractivity contribution in [1.29, 1.82) is 0 Å². The molecule has 14 heavy (non-hydrogen) atoms. The Kier molecular flexibility index (Phi) is 3.87. The minimum absolute atomic E-state index is 0.383. The first kappa shape index (κ1) is 14.0. The highest BCUT2D eigenvalue weighted by atomic mass is 14.5. The van der Waals surface area contributed by atoms with E-state index in [4.69, 9.17) is 0 Å². The van der Waals surface area contributed by atoms with E-state index in [-0.39, 0.29) is 0 Å². The van der Waals surface area contributed by atoms with Crippen LogP contribution in [0.3, 0.4) is 0 Å². The fraction of sp³-hybridized carbons (Fsp3) is 1.00. The van der Waals surface area contributed by atoms with Gasteiger partial charge in [-0.15, -0.1) is 0 Å². The van der Waals surface area contributed by atoms with Gasteiger partial charge in [0.15, 0.2) is 0 Å². The van der Waals surface area contributed by atoms with Crippen molar-refractivity contribution in [3.8, 4) is 0 Å². The number of hydrogen-bond donors (Lipinski definition) is 0. The van der Waals surface area contributed by atoms with E-state index in [1.54, 1.807) is 0 Å². The third kappa shape index (κ3) is 2.52. The van der Waals surface area contributed by atoms with Crippen molar-refractivity contribution in [2.45, 2.75) is 68.7 Å². The molecule has 0 saturated carbocycles. The van der Waals surface area contributed by atoms with Crippen LogP contribution < -0.4 is 0 Å². The highest BCUT2D eigenvalue weighted by molar-refractivity contribution is 4.93. The second-order valence-electron chi connectivity index (χ2n) is 7.11. The SMILES string of the molecule is CCC(C)(C(C)C(C)(C)C)C(C)(C)C. The average Bonchev–Trinajstić information content (AvgIpc) is 1.97. The Morgan fingerprint density at radius 3 is 1.29 bits per heavy atom. The molecule has 0 heteroatoms. The van der Waals surface area contributed by atoms with E-state index >= 15 is 0 Å². The van der Waals surface area contributed by atoms with E-state index in [9.17, 15) is 0 Å². The summed E-state index contributed by atoms with van der Waals surface area (Å²) in [5.41, 5.74) is 1.21. The molecule has 0 amide bonds. The van der Waals surface area contributed by atoms with Crippen LogP contribution >= 0.6 is 0 Å². The predicted molar refractivity (Wildman–Crippen MR) is 66.5 cm³/mol. The maximum absolute atomic E-state index is 2.45.